The molecular formula is C18H25N3O3S2. The molecule has 1 aromatic carbocycles. The zero-order chi connectivity index (χ0) is 19.3. The molecule has 26 heavy (non-hydrogen) atoms. The highest BCUT2D eigenvalue weighted by Gasteiger charge is 2.22. The molecule has 0 saturated carbocycles. The molecule has 0 unspecified atom stereocenters. The number of amides is 1. The van der Waals surface area contributed by atoms with E-state index in [1.807, 2.05) is 31.4 Å². The topological polar surface area (TPSA) is 69.7 Å². The molecule has 0 aliphatic heterocycles. The van der Waals surface area contributed by atoms with Crippen molar-refractivity contribution in [1.29, 1.82) is 0 Å². The van der Waals surface area contributed by atoms with Gasteiger partial charge in [0.2, 0.25) is 15.9 Å². The maximum atomic E-state index is 12.6. The number of sulfonamides is 1. The first kappa shape index (κ1) is 20.6. The van der Waals surface area contributed by atoms with Crippen LogP contribution in [0, 0.1) is 0 Å². The number of hydrogen-bond acceptors (Lipinski definition) is 5. The zero-order valence-electron chi connectivity index (χ0n) is 15.5. The summed E-state index contributed by atoms with van der Waals surface area (Å²) < 4.78 is 25.6. The third-order valence-electron chi connectivity index (χ3n) is 4.15. The van der Waals surface area contributed by atoms with E-state index >= 15 is 0 Å². The molecule has 8 heteroatoms. The maximum Gasteiger partial charge on any atom is 0.242 e. The van der Waals surface area contributed by atoms with Crippen LogP contribution < -0.4 is 5.32 Å². The molecule has 1 amide bonds. The number of likely N-dealkylation sites (N-methyl/N-ethyl adjacent to an activating group) is 1. The van der Waals surface area contributed by atoms with Crippen molar-refractivity contribution in [2.45, 2.75) is 31.3 Å². The second kappa shape index (κ2) is 8.77. The summed E-state index contributed by atoms with van der Waals surface area (Å²) in [4.78, 5) is 16.0. The molecular weight excluding hydrogens is 370 g/mol. The molecule has 1 heterocycles. The normalized spacial score (nSPS) is 13.2. The molecule has 0 spiro atoms. The van der Waals surface area contributed by atoms with E-state index in [0.717, 1.165) is 10.8 Å². The summed E-state index contributed by atoms with van der Waals surface area (Å²) in [5, 5.41) is 4.85. The van der Waals surface area contributed by atoms with Gasteiger partial charge in [0.25, 0.3) is 0 Å². The Labute approximate surface area is 159 Å². The van der Waals surface area contributed by atoms with Crippen molar-refractivity contribution in [3.8, 4) is 0 Å². The number of nitrogens with one attached hydrogen (secondary N) is 1. The van der Waals surface area contributed by atoms with Gasteiger partial charge in [-0.05, 0) is 43.1 Å². The van der Waals surface area contributed by atoms with Gasteiger partial charge in [0, 0.05) is 31.2 Å². The van der Waals surface area contributed by atoms with Crippen LogP contribution in [0.4, 0.5) is 5.69 Å². The average Bonchev–Trinajstić information content (AvgIpc) is 3.12. The molecule has 2 aromatic rings. The van der Waals surface area contributed by atoms with E-state index in [1.165, 1.54) is 31.1 Å². The van der Waals surface area contributed by atoms with Crippen molar-refractivity contribution in [3.63, 3.8) is 0 Å². The van der Waals surface area contributed by atoms with Gasteiger partial charge >= 0.3 is 0 Å². The number of carbonyl (C=O) groups excluding carboxylic acids is 1. The number of hydrogen-bond donors (Lipinski definition) is 1. The first-order valence-corrected chi connectivity index (χ1v) is 10.7. The van der Waals surface area contributed by atoms with Gasteiger partial charge in [-0.15, -0.1) is 11.3 Å². The minimum absolute atomic E-state index is 0.152. The average molecular weight is 396 g/mol. The quantitative estimate of drug-likeness (QED) is 0.746. The van der Waals surface area contributed by atoms with E-state index in [-0.39, 0.29) is 16.8 Å². The van der Waals surface area contributed by atoms with E-state index in [4.69, 9.17) is 0 Å². The van der Waals surface area contributed by atoms with Crippen molar-refractivity contribution in [2.75, 3.05) is 26.0 Å². The Morgan fingerprint density at radius 3 is 2.54 bits per heavy atom. The highest BCUT2D eigenvalue weighted by atomic mass is 32.2. The van der Waals surface area contributed by atoms with E-state index in [9.17, 15) is 13.2 Å². The predicted molar refractivity (Wildman–Crippen MR) is 106 cm³/mol. The molecule has 6 nitrogen and oxygen atoms in total. The minimum Gasteiger partial charge on any atom is -0.325 e. The highest BCUT2D eigenvalue weighted by molar-refractivity contribution is 7.89. The third kappa shape index (κ3) is 4.91. The number of benzene rings is 1. The number of carbonyl (C=O) groups is 1. The van der Waals surface area contributed by atoms with Crippen molar-refractivity contribution < 1.29 is 13.2 Å². The molecule has 0 fully saturated rings. The molecule has 142 valence electrons. The number of thiophene rings is 1. The van der Waals surface area contributed by atoms with Crippen LogP contribution in [0.5, 0.6) is 0 Å². The molecule has 1 N–H and O–H groups in total. The van der Waals surface area contributed by atoms with Gasteiger partial charge in [-0.2, -0.15) is 0 Å². The van der Waals surface area contributed by atoms with Gasteiger partial charge < -0.3 is 5.32 Å². The van der Waals surface area contributed by atoms with Crippen molar-refractivity contribution in [2.24, 2.45) is 0 Å². The fourth-order valence-electron chi connectivity index (χ4n) is 2.48. The molecule has 1 aromatic heterocycles. The van der Waals surface area contributed by atoms with E-state index < -0.39 is 10.0 Å². The first-order chi connectivity index (χ1) is 12.3. The molecule has 0 aliphatic carbocycles. The van der Waals surface area contributed by atoms with Gasteiger partial charge in [0.15, 0.2) is 0 Å². The summed E-state index contributed by atoms with van der Waals surface area (Å²) in [6.45, 7) is 5.31. The Bertz CT molecular complexity index is 833. The summed E-state index contributed by atoms with van der Waals surface area (Å²) in [6, 6.07) is 10.0. The van der Waals surface area contributed by atoms with E-state index in [0.29, 0.717) is 12.2 Å². The van der Waals surface area contributed by atoms with Crippen molar-refractivity contribution in [1.82, 2.24) is 9.21 Å². The van der Waals surface area contributed by atoms with Gasteiger partial charge in [0.1, 0.15) is 0 Å². The Morgan fingerprint density at radius 2 is 1.96 bits per heavy atom. The molecule has 0 aliphatic rings. The van der Waals surface area contributed by atoms with Gasteiger partial charge in [0.05, 0.1) is 10.9 Å². The minimum atomic E-state index is -3.54. The van der Waals surface area contributed by atoms with Crippen LogP contribution in [0.15, 0.2) is 46.7 Å². The lowest BCUT2D eigenvalue weighted by Crippen LogP contribution is -2.41. The Hall–Kier alpha value is -1.74. The Kier molecular flexibility index (Phi) is 6.94. The first-order valence-electron chi connectivity index (χ1n) is 8.35. The summed E-state index contributed by atoms with van der Waals surface area (Å²) in [5.74, 6) is -0.164. The van der Waals surface area contributed by atoms with Gasteiger partial charge in [-0.1, -0.05) is 19.1 Å². The SMILES string of the molecule is CCN(Cc1cccs1)[C@H](C)C(=O)Nc1cccc(S(=O)(=O)N(C)C)c1. The smallest absolute Gasteiger partial charge is 0.242 e. The Balaban J connectivity index is 2.11. The lowest BCUT2D eigenvalue weighted by molar-refractivity contribution is -0.120. The largest absolute Gasteiger partial charge is 0.325 e. The van der Waals surface area contributed by atoms with E-state index in [2.05, 4.69) is 10.2 Å². The standard InChI is InChI=1S/C18H25N3O3S2/c1-5-21(13-16-9-7-11-25-16)14(2)18(22)19-15-8-6-10-17(12-15)26(23,24)20(3)4/h6-12,14H,5,13H2,1-4H3,(H,19,22)/t14-/m1/s1. The predicted octanol–water partition coefficient (Wildman–Crippen LogP) is 2.85. The van der Waals surface area contributed by atoms with Crippen LogP contribution in [0.2, 0.25) is 0 Å². The van der Waals surface area contributed by atoms with Crippen LogP contribution in [-0.4, -0.2) is 50.2 Å². The number of rotatable bonds is 8. The fourth-order valence-corrected chi connectivity index (χ4v) is 4.16. The number of anilines is 1. The van der Waals surface area contributed by atoms with Crippen LogP contribution in [-0.2, 0) is 21.4 Å². The van der Waals surface area contributed by atoms with Crippen LogP contribution >= 0.6 is 11.3 Å². The lowest BCUT2D eigenvalue weighted by Gasteiger charge is -2.26. The van der Waals surface area contributed by atoms with Gasteiger partial charge in [-0.3, -0.25) is 9.69 Å². The number of nitrogens with zero attached hydrogens (tertiary/aromatic N) is 2. The lowest BCUT2D eigenvalue weighted by atomic mass is 10.2. The second-order valence-electron chi connectivity index (χ2n) is 6.12. The van der Waals surface area contributed by atoms with Crippen LogP contribution in [0.3, 0.4) is 0 Å². The summed E-state index contributed by atoms with van der Waals surface area (Å²) in [6.07, 6.45) is 0. The molecule has 1 atom stereocenters. The third-order valence-corrected chi connectivity index (χ3v) is 6.82. The second-order valence-corrected chi connectivity index (χ2v) is 9.31. The van der Waals surface area contributed by atoms with Gasteiger partial charge in [-0.25, -0.2) is 12.7 Å². The monoisotopic (exact) mass is 395 g/mol. The van der Waals surface area contributed by atoms with Crippen LogP contribution in [0.1, 0.15) is 18.7 Å². The van der Waals surface area contributed by atoms with Crippen LogP contribution in [0.25, 0.3) is 0 Å². The molecule has 0 saturated heterocycles. The maximum absolute atomic E-state index is 12.6. The Morgan fingerprint density at radius 1 is 1.23 bits per heavy atom. The summed E-state index contributed by atoms with van der Waals surface area (Å²) >= 11 is 1.66. The van der Waals surface area contributed by atoms with Crippen molar-refractivity contribution in [3.05, 3.63) is 46.7 Å². The summed E-state index contributed by atoms with van der Waals surface area (Å²) in [5.41, 5.74) is 0.469. The molecule has 0 bridgehead atoms. The molecule has 2 rings (SSSR count). The summed E-state index contributed by atoms with van der Waals surface area (Å²) in [7, 11) is -0.581. The molecule has 0 radical (unpaired) electrons. The van der Waals surface area contributed by atoms with Crippen molar-refractivity contribution >= 4 is 33.0 Å². The zero-order valence-corrected chi connectivity index (χ0v) is 17.1. The fraction of sp³-hybridized carbons (Fsp3) is 0.389. The highest BCUT2D eigenvalue weighted by Crippen LogP contribution is 2.19. The van der Waals surface area contributed by atoms with E-state index in [1.54, 1.807) is 23.5 Å².